The Hall–Kier alpha value is -2.22. The molecule has 0 saturated carbocycles. The smallest absolute Gasteiger partial charge is 0.312 e. The molecule has 0 saturated heterocycles. The molecule has 1 aliphatic rings. The molecule has 0 spiro atoms. The van der Waals surface area contributed by atoms with Gasteiger partial charge in [0.05, 0.1) is 16.0 Å². The molecule has 1 atom stereocenters. The molecule has 0 fully saturated rings. The number of halogens is 1. The van der Waals surface area contributed by atoms with E-state index in [0.29, 0.717) is 0 Å². The summed E-state index contributed by atoms with van der Waals surface area (Å²) in [6, 6.07) is 1.15. The zero-order chi connectivity index (χ0) is 15.7. The summed E-state index contributed by atoms with van der Waals surface area (Å²) in [6.45, 7) is 2.81. The number of aryl methyl sites for hydroxylation is 2. The van der Waals surface area contributed by atoms with E-state index in [2.05, 4.69) is 20.4 Å². The van der Waals surface area contributed by atoms with Gasteiger partial charge in [0.1, 0.15) is 5.82 Å². The fraction of sp³-hybridized carbons (Fsp3) is 0.462. The lowest BCUT2D eigenvalue weighted by molar-refractivity contribution is -0.384. The number of hydrogen-bond donors (Lipinski definition) is 1. The summed E-state index contributed by atoms with van der Waals surface area (Å²) in [7, 11) is 0. The van der Waals surface area contributed by atoms with Crippen LogP contribution in [0.3, 0.4) is 0 Å². The average Bonchev–Trinajstić information content (AvgIpc) is 2.93. The van der Waals surface area contributed by atoms with E-state index in [1.54, 1.807) is 0 Å². The summed E-state index contributed by atoms with van der Waals surface area (Å²) in [5.41, 5.74) is -0.139. The second kappa shape index (κ2) is 5.88. The molecule has 2 aromatic heterocycles. The van der Waals surface area contributed by atoms with Crippen molar-refractivity contribution in [3.8, 4) is 0 Å². The van der Waals surface area contributed by atoms with Crippen LogP contribution in [0.5, 0.6) is 0 Å². The standard InChI is InChI=1S/C13H15ClN6O2/c1-2-11-17-13-9(4-3-5-19(13)18-11)16-12-10(20(21)22)6-8(14)7-15-12/h6-7,9H,2-5H2,1H3,(H,15,16)/t9-/m0/s1. The van der Waals surface area contributed by atoms with E-state index in [0.717, 1.165) is 37.5 Å². The molecule has 8 nitrogen and oxygen atoms in total. The van der Waals surface area contributed by atoms with Gasteiger partial charge in [0.25, 0.3) is 0 Å². The van der Waals surface area contributed by atoms with E-state index in [1.165, 1.54) is 12.3 Å². The second-order valence-corrected chi connectivity index (χ2v) is 5.52. The number of nitrogens with one attached hydrogen (secondary N) is 1. The molecule has 0 aromatic carbocycles. The van der Waals surface area contributed by atoms with Crippen LogP contribution in [-0.2, 0) is 13.0 Å². The Bertz CT molecular complexity index is 717. The van der Waals surface area contributed by atoms with Crippen molar-refractivity contribution in [3.63, 3.8) is 0 Å². The van der Waals surface area contributed by atoms with Crippen LogP contribution in [0.1, 0.15) is 37.5 Å². The number of anilines is 1. The lowest BCUT2D eigenvalue weighted by Crippen LogP contribution is -2.23. The van der Waals surface area contributed by atoms with Crippen molar-refractivity contribution in [3.05, 3.63) is 39.0 Å². The zero-order valence-electron chi connectivity index (χ0n) is 12.0. The second-order valence-electron chi connectivity index (χ2n) is 5.08. The number of hydrogen-bond acceptors (Lipinski definition) is 6. The van der Waals surface area contributed by atoms with Crippen molar-refractivity contribution in [2.24, 2.45) is 0 Å². The van der Waals surface area contributed by atoms with Crippen LogP contribution in [0.25, 0.3) is 0 Å². The minimum Gasteiger partial charge on any atom is -0.354 e. The first kappa shape index (κ1) is 14.7. The molecule has 22 heavy (non-hydrogen) atoms. The van der Waals surface area contributed by atoms with E-state index in [9.17, 15) is 10.1 Å². The van der Waals surface area contributed by atoms with Gasteiger partial charge in [-0.3, -0.25) is 10.1 Å². The summed E-state index contributed by atoms with van der Waals surface area (Å²) in [5.74, 6) is 1.78. The number of rotatable bonds is 4. The Balaban J connectivity index is 1.92. The van der Waals surface area contributed by atoms with Gasteiger partial charge in [0.15, 0.2) is 5.82 Å². The van der Waals surface area contributed by atoms with Crippen LogP contribution in [0.2, 0.25) is 5.02 Å². The lowest BCUT2D eigenvalue weighted by Gasteiger charge is -2.23. The van der Waals surface area contributed by atoms with Crippen LogP contribution in [-0.4, -0.2) is 24.7 Å². The third-order valence-corrected chi connectivity index (χ3v) is 3.78. The van der Waals surface area contributed by atoms with E-state index < -0.39 is 4.92 Å². The van der Waals surface area contributed by atoms with Crippen molar-refractivity contribution in [2.75, 3.05) is 5.32 Å². The van der Waals surface area contributed by atoms with Crippen molar-refractivity contribution in [1.29, 1.82) is 0 Å². The Morgan fingerprint density at radius 2 is 2.41 bits per heavy atom. The number of fused-ring (bicyclic) bond motifs is 1. The highest BCUT2D eigenvalue weighted by Gasteiger charge is 2.27. The lowest BCUT2D eigenvalue weighted by atomic mass is 10.1. The van der Waals surface area contributed by atoms with Gasteiger partial charge in [-0.25, -0.2) is 14.6 Å². The summed E-state index contributed by atoms with van der Waals surface area (Å²) in [4.78, 5) is 19.2. The quantitative estimate of drug-likeness (QED) is 0.686. The Morgan fingerprint density at radius 3 is 3.14 bits per heavy atom. The molecule has 2 aromatic rings. The van der Waals surface area contributed by atoms with Gasteiger partial charge in [0, 0.05) is 25.2 Å². The molecule has 0 unspecified atom stereocenters. The number of pyridine rings is 1. The van der Waals surface area contributed by atoms with E-state index in [1.807, 2.05) is 11.6 Å². The van der Waals surface area contributed by atoms with Crippen LogP contribution < -0.4 is 5.32 Å². The van der Waals surface area contributed by atoms with E-state index in [4.69, 9.17) is 11.6 Å². The highest BCUT2D eigenvalue weighted by Crippen LogP contribution is 2.31. The van der Waals surface area contributed by atoms with Crippen molar-refractivity contribution in [1.82, 2.24) is 19.7 Å². The van der Waals surface area contributed by atoms with Gasteiger partial charge in [-0.05, 0) is 12.8 Å². The maximum absolute atomic E-state index is 11.1. The Labute approximate surface area is 131 Å². The predicted octanol–water partition coefficient (Wildman–Crippen LogP) is 2.74. The SMILES string of the molecule is CCc1nc2n(n1)CCC[C@@H]2Nc1ncc(Cl)cc1[N+](=O)[O-]. The number of nitro groups is 1. The maximum atomic E-state index is 11.1. The topological polar surface area (TPSA) is 98.8 Å². The first-order valence-corrected chi connectivity index (χ1v) is 7.46. The van der Waals surface area contributed by atoms with Gasteiger partial charge >= 0.3 is 5.69 Å². The van der Waals surface area contributed by atoms with Crippen LogP contribution in [0.4, 0.5) is 11.5 Å². The molecule has 3 rings (SSSR count). The van der Waals surface area contributed by atoms with Gasteiger partial charge < -0.3 is 5.32 Å². The molecule has 0 radical (unpaired) electrons. The summed E-state index contributed by atoms with van der Waals surface area (Å²) < 4.78 is 1.86. The highest BCUT2D eigenvalue weighted by atomic mass is 35.5. The van der Waals surface area contributed by atoms with Gasteiger partial charge in [-0.15, -0.1) is 0 Å². The van der Waals surface area contributed by atoms with Gasteiger partial charge in [0.2, 0.25) is 5.82 Å². The van der Waals surface area contributed by atoms with Crippen LogP contribution >= 0.6 is 11.6 Å². The molecule has 0 bridgehead atoms. The fourth-order valence-electron chi connectivity index (χ4n) is 2.53. The van der Waals surface area contributed by atoms with Crippen molar-refractivity contribution in [2.45, 2.75) is 38.8 Å². The highest BCUT2D eigenvalue weighted by molar-refractivity contribution is 6.30. The molecule has 0 amide bonds. The zero-order valence-corrected chi connectivity index (χ0v) is 12.7. The number of nitrogens with zero attached hydrogens (tertiary/aromatic N) is 5. The molecule has 1 aliphatic heterocycles. The van der Waals surface area contributed by atoms with Gasteiger partial charge in [-0.2, -0.15) is 5.10 Å². The molecular formula is C13H15ClN6O2. The first-order chi connectivity index (χ1) is 10.6. The largest absolute Gasteiger partial charge is 0.354 e. The summed E-state index contributed by atoms with van der Waals surface area (Å²) >= 11 is 5.79. The monoisotopic (exact) mass is 322 g/mol. The maximum Gasteiger partial charge on any atom is 0.312 e. The van der Waals surface area contributed by atoms with Gasteiger partial charge in [-0.1, -0.05) is 18.5 Å². The fourth-order valence-corrected chi connectivity index (χ4v) is 2.68. The predicted molar refractivity (Wildman–Crippen MR) is 80.9 cm³/mol. The molecular weight excluding hydrogens is 308 g/mol. The van der Waals surface area contributed by atoms with Crippen molar-refractivity contribution >= 4 is 23.1 Å². The van der Waals surface area contributed by atoms with Crippen LogP contribution in [0, 0.1) is 10.1 Å². The first-order valence-electron chi connectivity index (χ1n) is 7.08. The van der Waals surface area contributed by atoms with E-state index in [-0.39, 0.29) is 22.6 Å². The molecule has 9 heteroatoms. The Morgan fingerprint density at radius 1 is 1.59 bits per heavy atom. The third-order valence-electron chi connectivity index (χ3n) is 3.58. The minimum atomic E-state index is -0.494. The normalized spacial score (nSPS) is 17.1. The molecule has 116 valence electrons. The van der Waals surface area contributed by atoms with Crippen LogP contribution in [0.15, 0.2) is 12.3 Å². The number of aromatic nitrogens is 4. The third kappa shape index (κ3) is 2.74. The molecule has 3 heterocycles. The molecule has 1 N–H and O–H groups in total. The molecule has 0 aliphatic carbocycles. The minimum absolute atomic E-state index is 0.139. The summed E-state index contributed by atoms with van der Waals surface area (Å²) in [6.07, 6.45) is 3.90. The summed E-state index contributed by atoms with van der Waals surface area (Å²) in [5, 5.41) is 18.9. The Kier molecular flexibility index (Phi) is 3.93. The average molecular weight is 323 g/mol. The van der Waals surface area contributed by atoms with E-state index >= 15 is 0 Å². The van der Waals surface area contributed by atoms with Crippen molar-refractivity contribution < 1.29 is 4.92 Å².